The maximum atomic E-state index is 3.93. The molecule has 0 aliphatic heterocycles. The van der Waals surface area contributed by atoms with Crippen molar-refractivity contribution in [3.63, 3.8) is 0 Å². The van der Waals surface area contributed by atoms with Gasteiger partial charge in [0, 0.05) is 12.1 Å². The Morgan fingerprint density at radius 2 is 1.57 bits per heavy atom. The lowest BCUT2D eigenvalue weighted by Crippen LogP contribution is -2.35. The van der Waals surface area contributed by atoms with Crippen molar-refractivity contribution in [2.75, 3.05) is 0 Å². The van der Waals surface area contributed by atoms with E-state index in [1.807, 2.05) is 0 Å². The molecule has 1 saturated carbocycles. The van der Waals surface area contributed by atoms with Crippen molar-refractivity contribution in [2.24, 2.45) is 5.92 Å². The maximum Gasteiger partial charge on any atom is 0.0351 e. The molecule has 3 rings (SSSR count). The molecule has 2 aromatic rings. The van der Waals surface area contributed by atoms with E-state index >= 15 is 0 Å². The van der Waals surface area contributed by atoms with Crippen LogP contribution in [0.5, 0.6) is 0 Å². The minimum absolute atomic E-state index is 0.528. The average Bonchev–Trinajstić information content (AvgIpc) is 3.38. The molecule has 21 heavy (non-hydrogen) atoms. The quantitative estimate of drug-likeness (QED) is 0.771. The van der Waals surface area contributed by atoms with Gasteiger partial charge in [-0.15, -0.1) is 0 Å². The predicted octanol–water partition coefficient (Wildman–Crippen LogP) is 4.75. The van der Waals surface area contributed by atoms with E-state index < -0.39 is 0 Å². The van der Waals surface area contributed by atoms with Crippen LogP contribution in [0.3, 0.4) is 0 Å². The summed E-state index contributed by atoms with van der Waals surface area (Å²) in [7, 11) is 0. The van der Waals surface area contributed by atoms with E-state index in [0.717, 1.165) is 12.3 Å². The fraction of sp³-hybridized carbons (Fsp3) is 0.400. The van der Waals surface area contributed by atoms with Crippen molar-refractivity contribution in [1.29, 1.82) is 0 Å². The van der Waals surface area contributed by atoms with Gasteiger partial charge in [0.1, 0.15) is 0 Å². The van der Waals surface area contributed by atoms with Gasteiger partial charge in [-0.2, -0.15) is 0 Å². The number of nitrogens with one attached hydrogen (secondary N) is 1. The summed E-state index contributed by atoms with van der Waals surface area (Å²) in [5.74, 6) is 0.831. The van der Waals surface area contributed by atoms with Crippen molar-refractivity contribution in [1.82, 2.24) is 5.32 Å². The summed E-state index contributed by atoms with van der Waals surface area (Å²) in [4.78, 5) is 0. The van der Waals surface area contributed by atoms with Crippen LogP contribution >= 0.6 is 0 Å². The highest BCUT2D eigenvalue weighted by Gasteiger charge is 2.33. The highest BCUT2D eigenvalue weighted by molar-refractivity contribution is 5.22. The van der Waals surface area contributed by atoms with Gasteiger partial charge in [0.15, 0.2) is 0 Å². The summed E-state index contributed by atoms with van der Waals surface area (Å²) in [5.41, 5.74) is 2.88. The topological polar surface area (TPSA) is 12.0 Å². The summed E-state index contributed by atoms with van der Waals surface area (Å²) >= 11 is 0. The minimum atomic E-state index is 0.528. The third-order valence-corrected chi connectivity index (χ3v) is 4.49. The molecule has 0 spiro atoms. The van der Waals surface area contributed by atoms with Gasteiger partial charge in [-0.1, -0.05) is 67.6 Å². The molecule has 0 amide bonds. The van der Waals surface area contributed by atoms with Gasteiger partial charge < -0.3 is 5.32 Å². The molecule has 0 aromatic heterocycles. The first kappa shape index (κ1) is 14.3. The molecule has 110 valence electrons. The highest BCUT2D eigenvalue weighted by atomic mass is 15.0. The normalized spacial score (nSPS) is 17.4. The number of benzene rings is 2. The zero-order valence-electron chi connectivity index (χ0n) is 12.8. The molecule has 2 aromatic carbocycles. The smallest absolute Gasteiger partial charge is 0.0351 e. The molecule has 0 bridgehead atoms. The van der Waals surface area contributed by atoms with Crippen molar-refractivity contribution >= 4 is 0 Å². The molecule has 1 nitrogen and oxygen atoms in total. The Labute approximate surface area is 128 Å². The van der Waals surface area contributed by atoms with Crippen LogP contribution in [-0.4, -0.2) is 6.04 Å². The van der Waals surface area contributed by atoms with E-state index in [4.69, 9.17) is 0 Å². The van der Waals surface area contributed by atoms with E-state index in [2.05, 4.69) is 72.9 Å². The summed E-state index contributed by atoms with van der Waals surface area (Å²) < 4.78 is 0. The zero-order chi connectivity index (χ0) is 14.5. The molecule has 1 heteroatoms. The second kappa shape index (κ2) is 6.91. The Kier molecular flexibility index (Phi) is 4.72. The molecule has 1 fully saturated rings. The summed E-state index contributed by atoms with van der Waals surface area (Å²) in [5, 5.41) is 3.93. The molecule has 1 N–H and O–H groups in total. The number of rotatable bonds is 7. The van der Waals surface area contributed by atoms with Crippen LogP contribution in [0.1, 0.15) is 43.4 Å². The van der Waals surface area contributed by atoms with Gasteiger partial charge in [-0.25, -0.2) is 0 Å². The SMILES string of the molecule is CCC(Cc1ccccc1)NC(c1ccccc1)C1CC1. The third kappa shape index (κ3) is 3.95. The third-order valence-electron chi connectivity index (χ3n) is 4.49. The van der Waals surface area contributed by atoms with Crippen LogP contribution in [0.2, 0.25) is 0 Å². The summed E-state index contributed by atoms with van der Waals surface area (Å²) in [6.45, 7) is 2.29. The second-order valence-electron chi connectivity index (χ2n) is 6.19. The van der Waals surface area contributed by atoms with E-state index in [1.165, 1.54) is 30.4 Å². The van der Waals surface area contributed by atoms with Gasteiger partial charge in [-0.3, -0.25) is 0 Å². The van der Waals surface area contributed by atoms with E-state index in [-0.39, 0.29) is 0 Å². The van der Waals surface area contributed by atoms with E-state index in [9.17, 15) is 0 Å². The summed E-state index contributed by atoms with van der Waals surface area (Å²) in [6.07, 6.45) is 5.03. The Balaban J connectivity index is 1.69. The first-order chi connectivity index (χ1) is 10.4. The lowest BCUT2D eigenvalue weighted by Gasteiger charge is -2.26. The van der Waals surface area contributed by atoms with Crippen LogP contribution in [0.4, 0.5) is 0 Å². The fourth-order valence-corrected chi connectivity index (χ4v) is 3.07. The molecular formula is C20H25N. The van der Waals surface area contributed by atoms with Crippen molar-refractivity contribution in [3.8, 4) is 0 Å². The van der Waals surface area contributed by atoms with Crippen molar-refractivity contribution < 1.29 is 0 Å². The number of hydrogen-bond acceptors (Lipinski definition) is 1. The van der Waals surface area contributed by atoms with Gasteiger partial charge >= 0.3 is 0 Å². The van der Waals surface area contributed by atoms with Crippen LogP contribution < -0.4 is 5.32 Å². The largest absolute Gasteiger partial charge is 0.307 e. The molecule has 1 aliphatic carbocycles. The maximum absolute atomic E-state index is 3.93. The van der Waals surface area contributed by atoms with Crippen molar-refractivity contribution in [3.05, 3.63) is 71.8 Å². The first-order valence-electron chi connectivity index (χ1n) is 8.21. The molecular weight excluding hydrogens is 254 g/mol. The van der Waals surface area contributed by atoms with Crippen LogP contribution in [0.15, 0.2) is 60.7 Å². The standard InChI is InChI=1S/C20H25N/c1-2-19(15-16-9-5-3-6-10-16)21-20(18-13-14-18)17-11-7-4-8-12-17/h3-12,18-21H,2,13-15H2,1H3. The van der Waals surface area contributed by atoms with E-state index in [0.29, 0.717) is 12.1 Å². The van der Waals surface area contributed by atoms with Gasteiger partial charge in [0.2, 0.25) is 0 Å². The van der Waals surface area contributed by atoms with Crippen LogP contribution in [0.25, 0.3) is 0 Å². The molecule has 0 radical (unpaired) electrons. The average molecular weight is 279 g/mol. The predicted molar refractivity (Wildman–Crippen MR) is 89.3 cm³/mol. The van der Waals surface area contributed by atoms with Gasteiger partial charge in [0.25, 0.3) is 0 Å². The molecule has 0 saturated heterocycles. The molecule has 0 heterocycles. The van der Waals surface area contributed by atoms with Crippen molar-refractivity contribution in [2.45, 2.75) is 44.7 Å². The molecule has 2 unspecified atom stereocenters. The Hall–Kier alpha value is -1.60. The van der Waals surface area contributed by atoms with Gasteiger partial charge in [-0.05, 0) is 42.7 Å². The highest BCUT2D eigenvalue weighted by Crippen LogP contribution is 2.41. The zero-order valence-corrected chi connectivity index (χ0v) is 12.8. The Morgan fingerprint density at radius 1 is 0.952 bits per heavy atom. The van der Waals surface area contributed by atoms with Crippen LogP contribution in [0, 0.1) is 5.92 Å². The fourth-order valence-electron chi connectivity index (χ4n) is 3.07. The minimum Gasteiger partial charge on any atom is -0.307 e. The van der Waals surface area contributed by atoms with Gasteiger partial charge in [0.05, 0.1) is 0 Å². The molecule has 1 aliphatic rings. The first-order valence-corrected chi connectivity index (χ1v) is 8.21. The lowest BCUT2D eigenvalue weighted by molar-refractivity contribution is 0.391. The second-order valence-corrected chi connectivity index (χ2v) is 6.19. The monoisotopic (exact) mass is 279 g/mol. The summed E-state index contributed by atoms with van der Waals surface area (Å²) in [6, 6.07) is 22.9. The number of hydrogen-bond donors (Lipinski definition) is 1. The van der Waals surface area contributed by atoms with E-state index in [1.54, 1.807) is 0 Å². The Morgan fingerprint density at radius 3 is 2.14 bits per heavy atom. The molecule has 2 atom stereocenters. The lowest BCUT2D eigenvalue weighted by atomic mass is 9.98. The Bertz CT molecular complexity index is 530. The van der Waals surface area contributed by atoms with Crippen LogP contribution in [-0.2, 0) is 6.42 Å².